The van der Waals surface area contributed by atoms with Crippen LogP contribution >= 0.6 is 11.3 Å². The van der Waals surface area contributed by atoms with Crippen molar-refractivity contribution >= 4 is 21.6 Å². The van der Waals surface area contributed by atoms with Crippen molar-refractivity contribution in [3.63, 3.8) is 0 Å². The van der Waals surface area contributed by atoms with Gasteiger partial charge in [-0.3, -0.25) is 4.79 Å². The molecule has 0 fully saturated rings. The fraction of sp³-hybridized carbons (Fsp3) is 0. The summed E-state index contributed by atoms with van der Waals surface area (Å²) in [4.78, 5) is 14.9. The van der Waals surface area contributed by atoms with Crippen molar-refractivity contribution in [2.75, 3.05) is 0 Å². The Morgan fingerprint density at radius 2 is 1.78 bits per heavy atom. The van der Waals surface area contributed by atoms with E-state index in [0.717, 1.165) is 0 Å². The number of nitrogens with zero attached hydrogens (tertiary/aromatic N) is 1. The lowest BCUT2D eigenvalue weighted by Gasteiger charge is -2.08. The number of thiophene rings is 1. The van der Waals surface area contributed by atoms with E-state index in [1.807, 2.05) is 0 Å². The number of nitrogens with one attached hydrogen (secondary N) is 1. The minimum atomic E-state index is -0.638. The second-order valence-electron chi connectivity index (χ2n) is 5.85. The molecule has 0 bridgehead atoms. The monoisotopic (exact) mass is 378 g/mol. The van der Waals surface area contributed by atoms with Gasteiger partial charge in [-0.05, 0) is 23.3 Å². The summed E-state index contributed by atoms with van der Waals surface area (Å²) in [7, 11) is 0. The Kier molecular flexibility index (Phi) is 3.90. The summed E-state index contributed by atoms with van der Waals surface area (Å²) in [5.41, 5.74) is 0.996. The van der Waals surface area contributed by atoms with E-state index in [2.05, 4.69) is 4.98 Å². The number of aromatic hydroxyl groups is 2. The van der Waals surface area contributed by atoms with Gasteiger partial charge in [-0.1, -0.05) is 30.3 Å². The lowest BCUT2D eigenvalue weighted by Crippen LogP contribution is -2.09. The van der Waals surface area contributed by atoms with Crippen LogP contribution in [0.2, 0.25) is 0 Å². The number of H-pyrrole nitrogens is 1. The highest BCUT2D eigenvalue weighted by Gasteiger charge is 2.18. The van der Waals surface area contributed by atoms with Crippen molar-refractivity contribution in [2.45, 2.75) is 0 Å². The van der Waals surface area contributed by atoms with Crippen LogP contribution in [0.1, 0.15) is 5.56 Å². The van der Waals surface area contributed by atoms with E-state index >= 15 is 0 Å². The smallest absolute Gasteiger partial charge is 0.270 e. The number of pyridine rings is 1. The fourth-order valence-corrected chi connectivity index (χ4v) is 3.98. The average molecular weight is 378 g/mol. The van der Waals surface area contributed by atoms with Gasteiger partial charge in [0.1, 0.15) is 28.2 Å². The lowest BCUT2D eigenvalue weighted by molar-refractivity contribution is 0.472. The maximum Gasteiger partial charge on any atom is 0.270 e. The van der Waals surface area contributed by atoms with Gasteiger partial charge in [-0.15, -0.1) is 11.3 Å². The number of nitriles is 1. The van der Waals surface area contributed by atoms with Crippen molar-refractivity contribution in [3.05, 3.63) is 69.6 Å². The normalized spacial score (nSPS) is 10.8. The largest absolute Gasteiger partial charge is 0.507 e. The van der Waals surface area contributed by atoms with Gasteiger partial charge in [-0.2, -0.15) is 5.26 Å². The molecule has 0 radical (unpaired) electrons. The SMILES string of the molecule is N#Cc1c(O)c2c(-c3ccc(-c4c(O)cccc4F)cc3)csc2[nH]c1=O. The predicted molar refractivity (Wildman–Crippen MR) is 101 cm³/mol. The molecule has 2 aromatic heterocycles. The van der Waals surface area contributed by atoms with Crippen LogP contribution in [0.15, 0.2) is 52.6 Å². The van der Waals surface area contributed by atoms with Gasteiger partial charge in [0.2, 0.25) is 0 Å². The molecular weight excluding hydrogens is 367 g/mol. The third-order valence-electron chi connectivity index (χ3n) is 4.31. The number of hydrogen-bond donors (Lipinski definition) is 3. The van der Waals surface area contributed by atoms with Crippen molar-refractivity contribution in [1.29, 1.82) is 5.26 Å². The van der Waals surface area contributed by atoms with Crippen LogP contribution in [-0.4, -0.2) is 15.2 Å². The van der Waals surface area contributed by atoms with E-state index in [-0.39, 0.29) is 22.6 Å². The number of aromatic nitrogens is 1. The minimum Gasteiger partial charge on any atom is -0.507 e. The van der Waals surface area contributed by atoms with Gasteiger partial charge in [0.05, 0.1) is 10.9 Å². The molecule has 0 saturated heterocycles. The van der Waals surface area contributed by atoms with Crippen LogP contribution < -0.4 is 5.56 Å². The highest BCUT2D eigenvalue weighted by molar-refractivity contribution is 7.17. The number of phenols is 1. The Balaban J connectivity index is 1.86. The molecule has 0 aliphatic rings. The van der Waals surface area contributed by atoms with Gasteiger partial charge < -0.3 is 15.2 Å². The average Bonchev–Trinajstić information content (AvgIpc) is 3.06. The maximum atomic E-state index is 14.0. The molecule has 5 nitrogen and oxygen atoms in total. The molecule has 0 atom stereocenters. The number of fused-ring (bicyclic) bond motifs is 1. The van der Waals surface area contributed by atoms with E-state index in [1.165, 1.54) is 29.5 Å². The zero-order valence-electron chi connectivity index (χ0n) is 13.7. The van der Waals surface area contributed by atoms with Crippen LogP contribution in [0.25, 0.3) is 32.5 Å². The summed E-state index contributed by atoms with van der Waals surface area (Å²) in [6.45, 7) is 0. The zero-order chi connectivity index (χ0) is 19.1. The molecule has 0 amide bonds. The van der Waals surface area contributed by atoms with Crippen molar-refractivity contribution in [1.82, 2.24) is 4.98 Å². The number of benzene rings is 2. The topological polar surface area (TPSA) is 97.1 Å². The van der Waals surface area contributed by atoms with E-state index in [4.69, 9.17) is 5.26 Å². The predicted octanol–water partition coefficient (Wildman–Crippen LogP) is 4.35. The molecule has 27 heavy (non-hydrogen) atoms. The molecular formula is C20H11FN2O3S. The van der Waals surface area contributed by atoms with Crippen molar-refractivity contribution in [2.24, 2.45) is 0 Å². The molecule has 2 aromatic carbocycles. The Morgan fingerprint density at radius 1 is 1.07 bits per heavy atom. The molecule has 0 aliphatic carbocycles. The van der Waals surface area contributed by atoms with Gasteiger partial charge in [0, 0.05) is 10.9 Å². The van der Waals surface area contributed by atoms with E-state index in [0.29, 0.717) is 26.9 Å². The first-order valence-electron chi connectivity index (χ1n) is 7.86. The Labute approximate surface area is 156 Å². The molecule has 132 valence electrons. The summed E-state index contributed by atoms with van der Waals surface area (Å²) in [5.74, 6) is -1.04. The number of aromatic amines is 1. The van der Waals surface area contributed by atoms with Crippen LogP contribution in [0.3, 0.4) is 0 Å². The first-order chi connectivity index (χ1) is 13.0. The highest BCUT2D eigenvalue weighted by atomic mass is 32.1. The summed E-state index contributed by atoms with van der Waals surface area (Å²) in [5, 5.41) is 31.5. The maximum absolute atomic E-state index is 14.0. The van der Waals surface area contributed by atoms with Gasteiger partial charge >= 0.3 is 0 Å². The molecule has 0 aliphatic heterocycles. The summed E-state index contributed by atoms with van der Waals surface area (Å²) in [6.07, 6.45) is 0. The molecule has 4 rings (SSSR count). The van der Waals surface area contributed by atoms with Crippen LogP contribution in [0.5, 0.6) is 11.5 Å². The number of rotatable bonds is 2. The Hall–Kier alpha value is -3.63. The van der Waals surface area contributed by atoms with Crippen molar-refractivity contribution in [3.8, 4) is 39.8 Å². The highest BCUT2D eigenvalue weighted by Crippen LogP contribution is 2.40. The minimum absolute atomic E-state index is 0.109. The number of hydrogen-bond acceptors (Lipinski definition) is 5. The molecule has 2 heterocycles. The Morgan fingerprint density at radius 3 is 2.44 bits per heavy atom. The lowest BCUT2D eigenvalue weighted by atomic mass is 9.99. The molecule has 0 spiro atoms. The van der Waals surface area contributed by atoms with Gasteiger partial charge in [0.15, 0.2) is 5.56 Å². The standard InChI is InChI=1S/C20H11FN2O3S/c21-14-2-1-3-15(24)16(14)11-6-4-10(5-7-11)13-9-27-20-17(13)18(25)12(8-22)19(26)23-20/h1-7,9,24H,(H2,23,25,26). The van der Waals surface area contributed by atoms with E-state index in [1.54, 1.807) is 35.7 Å². The number of halogens is 1. The van der Waals surface area contributed by atoms with E-state index in [9.17, 15) is 19.4 Å². The van der Waals surface area contributed by atoms with Crippen LogP contribution in [-0.2, 0) is 0 Å². The molecule has 0 unspecified atom stereocenters. The van der Waals surface area contributed by atoms with Crippen molar-refractivity contribution < 1.29 is 14.6 Å². The van der Waals surface area contributed by atoms with Gasteiger partial charge in [0.25, 0.3) is 5.56 Å². The third kappa shape index (κ3) is 2.63. The zero-order valence-corrected chi connectivity index (χ0v) is 14.5. The second-order valence-corrected chi connectivity index (χ2v) is 6.73. The van der Waals surface area contributed by atoms with Crippen LogP contribution in [0.4, 0.5) is 4.39 Å². The molecule has 4 aromatic rings. The third-order valence-corrected chi connectivity index (χ3v) is 5.20. The van der Waals surface area contributed by atoms with Crippen LogP contribution in [0, 0.1) is 17.1 Å². The first-order valence-corrected chi connectivity index (χ1v) is 8.74. The van der Waals surface area contributed by atoms with Gasteiger partial charge in [-0.25, -0.2) is 4.39 Å². The molecule has 7 heteroatoms. The molecule has 3 N–H and O–H groups in total. The summed E-state index contributed by atoms with van der Waals surface area (Å²) < 4.78 is 14.0. The fourth-order valence-electron chi connectivity index (χ4n) is 3.01. The summed E-state index contributed by atoms with van der Waals surface area (Å²) >= 11 is 1.24. The summed E-state index contributed by atoms with van der Waals surface area (Å²) in [6, 6.07) is 12.6. The second kappa shape index (κ2) is 6.27. The molecule has 0 saturated carbocycles. The van der Waals surface area contributed by atoms with E-state index < -0.39 is 11.4 Å². The Bertz CT molecular complexity index is 1260. The number of phenolic OH excluding ortho intramolecular Hbond substituents is 1. The quantitative estimate of drug-likeness (QED) is 0.483. The first kappa shape index (κ1) is 16.8.